The van der Waals surface area contributed by atoms with Crippen molar-refractivity contribution in [1.82, 2.24) is 0 Å². The molecule has 2 bridgehead atoms. The van der Waals surface area contributed by atoms with E-state index in [2.05, 4.69) is 151 Å². The second-order valence-electron chi connectivity index (χ2n) is 13.1. The minimum absolute atomic E-state index is 0. The summed E-state index contributed by atoms with van der Waals surface area (Å²) in [6.07, 6.45) is 7.68. The molecule has 8 rings (SSSR count). The van der Waals surface area contributed by atoms with Crippen molar-refractivity contribution in [2.75, 3.05) is 0 Å². The first-order chi connectivity index (χ1) is 19.7. The molecule has 1 atom stereocenters. The summed E-state index contributed by atoms with van der Waals surface area (Å²) in [5.74, 6) is 0.472. The number of rotatable bonds is 5. The van der Waals surface area contributed by atoms with E-state index in [9.17, 15) is 0 Å². The third-order valence-electron chi connectivity index (χ3n) is 8.99. The summed E-state index contributed by atoms with van der Waals surface area (Å²) in [6.45, 7) is 13.6. The minimum Gasteiger partial charge on any atom is -1.00 e. The van der Waals surface area contributed by atoms with Crippen LogP contribution in [0.4, 0.5) is 0 Å². The van der Waals surface area contributed by atoms with E-state index in [0.717, 1.165) is 0 Å². The third-order valence-corrected chi connectivity index (χ3v) is 8.99. The summed E-state index contributed by atoms with van der Waals surface area (Å²) in [4.78, 5) is 0. The maximum atomic E-state index is 3.95. The molecule has 0 aromatic heterocycles. The third kappa shape index (κ3) is 6.23. The molecule has 0 spiro atoms. The molecule has 0 nitrogen and oxygen atoms in total. The Morgan fingerprint density at radius 1 is 0.727 bits per heavy atom. The van der Waals surface area contributed by atoms with E-state index in [1.807, 2.05) is 0 Å². The number of unbranched alkanes of at least 4 members (excludes halogenated alkanes) is 1. The standard InChI is InChI=1S/C26H29.C15H13.2ClH.Zr/c1-5-6-13-19-18-22-24(25(2,3)4)23(19)26(22,20-14-9-7-10-15-20)21-16-11-8-12-17-21;1-10-3-5-14-12(7-10)9-13-8-11(2)4-6-15(13)14;;;/h7-12,14-17,19H,5-6,13H2,1-4H3;3-9H,1-2H3;2*1H;/q2*-1;;;+4/p-2. The van der Waals surface area contributed by atoms with Crippen LogP contribution in [-0.4, -0.2) is 0 Å². The minimum atomic E-state index is -0.0798. The molecule has 224 valence electrons. The van der Waals surface area contributed by atoms with E-state index in [1.165, 1.54) is 68.6 Å². The Bertz CT molecular complexity index is 1670. The van der Waals surface area contributed by atoms with E-state index in [0.29, 0.717) is 5.92 Å². The van der Waals surface area contributed by atoms with E-state index < -0.39 is 0 Å². The summed E-state index contributed by atoms with van der Waals surface area (Å²) in [6, 6.07) is 37.8. The van der Waals surface area contributed by atoms with Crippen molar-refractivity contribution in [2.45, 2.75) is 66.2 Å². The van der Waals surface area contributed by atoms with Gasteiger partial charge in [-0.25, -0.2) is 5.57 Å². The molecule has 5 aromatic carbocycles. The van der Waals surface area contributed by atoms with Gasteiger partial charge in [-0.05, 0) is 25.0 Å². The van der Waals surface area contributed by atoms with Crippen LogP contribution in [-0.2, 0) is 31.6 Å². The molecule has 0 N–H and O–H groups in total. The topological polar surface area (TPSA) is 0 Å². The molecule has 1 unspecified atom stereocenters. The van der Waals surface area contributed by atoms with Gasteiger partial charge in [-0.3, -0.25) is 6.08 Å². The van der Waals surface area contributed by atoms with Gasteiger partial charge in [-0.15, -0.1) is 45.3 Å². The molecule has 0 saturated heterocycles. The monoisotopic (exact) mass is 694 g/mol. The van der Waals surface area contributed by atoms with Gasteiger partial charge >= 0.3 is 26.2 Å². The molecule has 3 heteroatoms. The Morgan fingerprint density at radius 2 is 1.20 bits per heavy atom. The second kappa shape index (κ2) is 14.4. The molecule has 0 radical (unpaired) electrons. The van der Waals surface area contributed by atoms with Gasteiger partial charge in [0.05, 0.1) is 0 Å². The van der Waals surface area contributed by atoms with E-state index in [4.69, 9.17) is 0 Å². The van der Waals surface area contributed by atoms with Crippen LogP contribution in [0.2, 0.25) is 0 Å². The van der Waals surface area contributed by atoms with Crippen LogP contribution >= 0.6 is 0 Å². The maximum absolute atomic E-state index is 3.95. The Balaban J connectivity index is 0.000000253. The van der Waals surface area contributed by atoms with Crippen LogP contribution in [0.15, 0.2) is 120 Å². The first-order valence-electron chi connectivity index (χ1n) is 15.3. The molecule has 0 amide bonds. The molecule has 5 aromatic rings. The zero-order chi connectivity index (χ0) is 28.8. The average molecular weight is 697 g/mol. The number of allylic oxidation sites excluding steroid dienone is 4. The van der Waals surface area contributed by atoms with E-state index in [1.54, 1.807) is 11.1 Å². The van der Waals surface area contributed by atoms with Crippen molar-refractivity contribution >= 4 is 21.5 Å². The number of benzene rings is 4. The molecule has 0 aliphatic heterocycles. The van der Waals surface area contributed by atoms with Gasteiger partial charge in [0.2, 0.25) is 0 Å². The molecule has 3 aliphatic carbocycles. The quantitative estimate of drug-likeness (QED) is 0.222. The van der Waals surface area contributed by atoms with Gasteiger partial charge in [-0.2, -0.15) is 5.57 Å². The number of hydrogen-bond acceptors (Lipinski definition) is 0. The molecule has 0 fully saturated rings. The van der Waals surface area contributed by atoms with Crippen LogP contribution in [0.25, 0.3) is 21.5 Å². The second-order valence-corrected chi connectivity index (χ2v) is 13.1. The Labute approximate surface area is 296 Å². The van der Waals surface area contributed by atoms with Gasteiger partial charge in [-0.1, -0.05) is 154 Å². The summed E-state index contributed by atoms with van der Waals surface area (Å²) >= 11 is 0. The molecule has 3 aliphatic rings. The van der Waals surface area contributed by atoms with Crippen molar-refractivity contribution in [1.29, 1.82) is 0 Å². The van der Waals surface area contributed by atoms with Crippen LogP contribution < -0.4 is 24.8 Å². The van der Waals surface area contributed by atoms with Crippen LogP contribution in [0.1, 0.15) is 69.2 Å². The van der Waals surface area contributed by atoms with Gasteiger partial charge in [0.15, 0.2) is 0 Å². The fourth-order valence-electron chi connectivity index (χ4n) is 7.25. The first kappa shape index (κ1) is 36.2. The van der Waals surface area contributed by atoms with Gasteiger partial charge in [0.25, 0.3) is 0 Å². The Morgan fingerprint density at radius 3 is 1.64 bits per heavy atom. The molecular weight excluding hydrogens is 655 g/mol. The normalized spacial score (nSPS) is 16.1. The largest absolute Gasteiger partial charge is 4.00 e. The van der Waals surface area contributed by atoms with Crippen LogP contribution in [0.3, 0.4) is 0 Å². The summed E-state index contributed by atoms with van der Waals surface area (Å²) in [5.41, 5.74) is 10.2. The van der Waals surface area contributed by atoms with Gasteiger partial charge in [0.1, 0.15) is 0 Å². The van der Waals surface area contributed by atoms with Crippen molar-refractivity contribution in [3.63, 3.8) is 0 Å². The summed E-state index contributed by atoms with van der Waals surface area (Å²) in [5, 5.41) is 5.46. The SMILES string of the molecule is CCCCC1[C-]=C2C(C(C)(C)C)=C1C2(c1ccccc1)c1ccccc1.Cc1ccc2c(c1)[cH-]c1cc(C)ccc12.[Cl-].[Cl-].[Zr+4]. The fraction of sp³-hybridized carbons (Fsp3) is 0.293. The van der Waals surface area contributed by atoms with Crippen molar-refractivity contribution in [3.05, 3.63) is 148 Å². The smallest absolute Gasteiger partial charge is 1.00 e. The summed E-state index contributed by atoms with van der Waals surface area (Å²) in [7, 11) is 0. The van der Waals surface area contributed by atoms with Gasteiger partial charge in [0, 0.05) is 5.41 Å². The van der Waals surface area contributed by atoms with Gasteiger partial charge < -0.3 is 24.8 Å². The number of halogens is 2. The van der Waals surface area contributed by atoms with Crippen molar-refractivity contribution in [2.24, 2.45) is 11.3 Å². The predicted octanol–water partition coefficient (Wildman–Crippen LogP) is 5.21. The zero-order valence-corrected chi connectivity index (χ0v) is 30.7. The van der Waals surface area contributed by atoms with Crippen LogP contribution in [0.5, 0.6) is 0 Å². The predicted molar refractivity (Wildman–Crippen MR) is 176 cm³/mol. The Kier molecular flexibility index (Phi) is 11.8. The van der Waals surface area contributed by atoms with E-state index >= 15 is 0 Å². The number of fused-ring (bicyclic) bond motifs is 4. The maximum Gasteiger partial charge on any atom is 4.00 e. The molecule has 0 heterocycles. The van der Waals surface area contributed by atoms with Crippen molar-refractivity contribution < 1.29 is 51.0 Å². The fourth-order valence-corrected chi connectivity index (χ4v) is 7.25. The Hall–Kier alpha value is -2.31. The summed E-state index contributed by atoms with van der Waals surface area (Å²) < 4.78 is 0. The molecule has 0 saturated carbocycles. The number of aryl methyl sites for hydroxylation is 2. The van der Waals surface area contributed by atoms with E-state index in [-0.39, 0.29) is 61.8 Å². The molecular formula is C41H42Cl2Zr. The average Bonchev–Trinajstić information content (AvgIpc) is 3.62. The molecule has 44 heavy (non-hydrogen) atoms. The number of hydrogen-bond donors (Lipinski definition) is 0. The van der Waals surface area contributed by atoms with Crippen LogP contribution in [0, 0.1) is 31.3 Å². The zero-order valence-electron chi connectivity index (χ0n) is 26.8. The first-order valence-corrected chi connectivity index (χ1v) is 15.3. The van der Waals surface area contributed by atoms with Crippen molar-refractivity contribution in [3.8, 4) is 0 Å².